The topological polar surface area (TPSA) is 46.3 Å². The van der Waals surface area contributed by atoms with Crippen molar-refractivity contribution in [3.8, 4) is 0 Å². The summed E-state index contributed by atoms with van der Waals surface area (Å²) in [7, 11) is 0. The molecule has 0 saturated heterocycles. The average Bonchev–Trinajstić information content (AvgIpc) is 3.00. The highest BCUT2D eigenvalue weighted by molar-refractivity contribution is 5.76. The number of carbonyl (C=O) groups is 1. The predicted octanol–water partition coefficient (Wildman–Crippen LogP) is 2.74. The first-order valence-corrected chi connectivity index (χ1v) is 7.84. The molecule has 20 heavy (non-hydrogen) atoms. The molecule has 1 amide bonds. The lowest BCUT2D eigenvalue weighted by Gasteiger charge is -2.29. The maximum atomic E-state index is 12.4. The standard InChI is InChI=1S/C17H26N2O/c18-13-6-11-17(20)19(16-9-4-5-10-16)14-12-15-7-2-1-3-8-15/h1-3,7-8,16H,4-6,9-14,18H2. The Labute approximate surface area is 122 Å². The zero-order chi connectivity index (χ0) is 14.2. The van der Waals surface area contributed by atoms with E-state index in [4.69, 9.17) is 5.73 Å². The van der Waals surface area contributed by atoms with Gasteiger partial charge in [-0.25, -0.2) is 0 Å². The number of hydrogen-bond donors (Lipinski definition) is 1. The highest BCUT2D eigenvalue weighted by Gasteiger charge is 2.25. The Balaban J connectivity index is 1.93. The van der Waals surface area contributed by atoms with E-state index in [0.717, 1.165) is 19.4 Å². The number of benzene rings is 1. The smallest absolute Gasteiger partial charge is 0.222 e. The van der Waals surface area contributed by atoms with E-state index in [1.165, 1.54) is 31.2 Å². The fourth-order valence-electron chi connectivity index (χ4n) is 3.02. The largest absolute Gasteiger partial charge is 0.339 e. The summed E-state index contributed by atoms with van der Waals surface area (Å²) in [6, 6.07) is 10.9. The molecule has 0 radical (unpaired) electrons. The van der Waals surface area contributed by atoms with Crippen molar-refractivity contribution in [2.45, 2.75) is 51.0 Å². The molecule has 0 unspecified atom stereocenters. The van der Waals surface area contributed by atoms with Gasteiger partial charge in [-0.3, -0.25) is 4.79 Å². The second-order valence-corrected chi connectivity index (χ2v) is 5.65. The summed E-state index contributed by atoms with van der Waals surface area (Å²) in [4.78, 5) is 14.5. The first-order chi connectivity index (χ1) is 9.81. The zero-order valence-corrected chi connectivity index (χ0v) is 12.3. The van der Waals surface area contributed by atoms with E-state index in [1.807, 2.05) is 6.07 Å². The first kappa shape index (κ1) is 15.0. The van der Waals surface area contributed by atoms with Gasteiger partial charge in [-0.05, 0) is 37.8 Å². The SMILES string of the molecule is NCCCC(=O)N(CCc1ccccc1)C1CCCC1. The quantitative estimate of drug-likeness (QED) is 0.831. The minimum Gasteiger partial charge on any atom is -0.339 e. The number of nitrogens with two attached hydrogens (primary N) is 1. The van der Waals surface area contributed by atoms with Crippen LogP contribution in [0.5, 0.6) is 0 Å². The summed E-state index contributed by atoms with van der Waals surface area (Å²) in [5.74, 6) is 0.290. The Bertz CT molecular complexity index is 399. The van der Waals surface area contributed by atoms with E-state index < -0.39 is 0 Å². The third kappa shape index (κ3) is 4.34. The van der Waals surface area contributed by atoms with E-state index in [1.54, 1.807) is 0 Å². The van der Waals surface area contributed by atoms with Crippen molar-refractivity contribution < 1.29 is 4.79 Å². The molecule has 0 spiro atoms. The Morgan fingerprint density at radius 2 is 1.90 bits per heavy atom. The lowest BCUT2D eigenvalue weighted by atomic mass is 10.1. The van der Waals surface area contributed by atoms with E-state index in [9.17, 15) is 4.79 Å². The molecule has 3 nitrogen and oxygen atoms in total. The second-order valence-electron chi connectivity index (χ2n) is 5.65. The van der Waals surface area contributed by atoms with Crippen LogP contribution in [-0.4, -0.2) is 29.9 Å². The normalized spacial score (nSPS) is 15.4. The molecule has 110 valence electrons. The Hall–Kier alpha value is -1.35. The number of nitrogens with zero attached hydrogens (tertiary/aromatic N) is 1. The fourth-order valence-corrected chi connectivity index (χ4v) is 3.02. The molecular weight excluding hydrogens is 248 g/mol. The van der Waals surface area contributed by atoms with E-state index >= 15 is 0 Å². The van der Waals surface area contributed by atoms with Gasteiger partial charge in [0.25, 0.3) is 0 Å². The summed E-state index contributed by atoms with van der Waals surface area (Å²) in [6.07, 6.45) is 7.21. The van der Waals surface area contributed by atoms with Gasteiger partial charge in [-0.2, -0.15) is 0 Å². The Morgan fingerprint density at radius 3 is 2.55 bits per heavy atom. The van der Waals surface area contributed by atoms with Gasteiger partial charge in [-0.15, -0.1) is 0 Å². The van der Waals surface area contributed by atoms with Gasteiger partial charge in [0, 0.05) is 19.0 Å². The van der Waals surface area contributed by atoms with Gasteiger partial charge >= 0.3 is 0 Å². The van der Waals surface area contributed by atoms with Crippen molar-refractivity contribution in [3.63, 3.8) is 0 Å². The van der Waals surface area contributed by atoms with Crippen LogP contribution in [0.25, 0.3) is 0 Å². The maximum Gasteiger partial charge on any atom is 0.222 e. The van der Waals surface area contributed by atoms with Crippen LogP contribution in [0.1, 0.15) is 44.1 Å². The number of carbonyl (C=O) groups excluding carboxylic acids is 1. The van der Waals surface area contributed by atoms with Gasteiger partial charge in [0.05, 0.1) is 0 Å². The van der Waals surface area contributed by atoms with Crippen molar-refractivity contribution in [1.82, 2.24) is 4.90 Å². The van der Waals surface area contributed by atoms with E-state index in [0.29, 0.717) is 24.9 Å². The third-order valence-corrected chi connectivity index (χ3v) is 4.16. The van der Waals surface area contributed by atoms with Gasteiger partial charge in [0.2, 0.25) is 5.91 Å². The fraction of sp³-hybridized carbons (Fsp3) is 0.588. The van der Waals surface area contributed by atoms with Crippen LogP contribution in [0.4, 0.5) is 0 Å². The minimum atomic E-state index is 0.290. The lowest BCUT2D eigenvalue weighted by Crippen LogP contribution is -2.40. The number of amides is 1. The van der Waals surface area contributed by atoms with E-state index in [2.05, 4.69) is 29.2 Å². The molecule has 2 rings (SSSR count). The number of rotatable bonds is 7. The van der Waals surface area contributed by atoms with Crippen molar-refractivity contribution in [3.05, 3.63) is 35.9 Å². The Kier molecular flexibility index (Phi) is 6.06. The van der Waals surface area contributed by atoms with Crippen LogP contribution < -0.4 is 5.73 Å². The molecule has 0 heterocycles. The second kappa shape index (κ2) is 8.05. The van der Waals surface area contributed by atoms with Gasteiger partial charge in [0.1, 0.15) is 0 Å². The molecule has 0 atom stereocenters. The summed E-state index contributed by atoms with van der Waals surface area (Å²) in [5, 5.41) is 0. The van der Waals surface area contributed by atoms with Crippen LogP contribution in [0.3, 0.4) is 0 Å². The molecular formula is C17H26N2O. The van der Waals surface area contributed by atoms with Gasteiger partial charge in [0.15, 0.2) is 0 Å². The maximum absolute atomic E-state index is 12.4. The molecule has 2 N–H and O–H groups in total. The molecule has 0 aliphatic heterocycles. The summed E-state index contributed by atoms with van der Waals surface area (Å²) in [5.41, 5.74) is 6.83. The van der Waals surface area contributed by atoms with Crippen LogP contribution in [0, 0.1) is 0 Å². The summed E-state index contributed by atoms with van der Waals surface area (Å²) >= 11 is 0. The highest BCUT2D eigenvalue weighted by Crippen LogP contribution is 2.24. The van der Waals surface area contributed by atoms with Crippen LogP contribution in [0.2, 0.25) is 0 Å². The average molecular weight is 274 g/mol. The summed E-state index contributed by atoms with van der Waals surface area (Å²) in [6.45, 7) is 1.45. The van der Waals surface area contributed by atoms with E-state index in [-0.39, 0.29) is 0 Å². The lowest BCUT2D eigenvalue weighted by molar-refractivity contribution is -0.133. The number of hydrogen-bond acceptors (Lipinski definition) is 2. The molecule has 3 heteroatoms. The molecule has 1 aliphatic carbocycles. The monoisotopic (exact) mass is 274 g/mol. The van der Waals surface area contributed by atoms with Crippen LogP contribution >= 0.6 is 0 Å². The predicted molar refractivity (Wildman–Crippen MR) is 82.4 cm³/mol. The highest BCUT2D eigenvalue weighted by atomic mass is 16.2. The summed E-state index contributed by atoms with van der Waals surface area (Å²) < 4.78 is 0. The van der Waals surface area contributed by atoms with Crippen molar-refractivity contribution in [2.75, 3.05) is 13.1 Å². The zero-order valence-electron chi connectivity index (χ0n) is 12.3. The van der Waals surface area contributed by atoms with Gasteiger partial charge < -0.3 is 10.6 Å². The minimum absolute atomic E-state index is 0.290. The molecule has 1 aromatic rings. The van der Waals surface area contributed by atoms with Gasteiger partial charge in [-0.1, -0.05) is 43.2 Å². The Morgan fingerprint density at radius 1 is 1.20 bits per heavy atom. The molecule has 1 aliphatic rings. The van der Waals surface area contributed by atoms with Crippen LogP contribution in [-0.2, 0) is 11.2 Å². The molecule has 1 saturated carbocycles. The third-order valence-electron chi connectivity index (χ3n) is 4.16. The van der Waals surface area contributed by atoms with Crippen molar-refractivity contribution >= 4 is 5.91 Å². The molecule has 1 aromatic carbocycles. The molecule has 0 aromatic heterocycles. The first-order valence-electron chi connectivity index (χ1n) is 7.84. The van der Waals surface area contributed by atoms with Crippen LogP contribution in [0.15, 0.2) is 30.3 Å². The van der Waals surface area contributed by atoms with Crippen molar-refractivity contribution in [1.29, 1.82) is 0 Å². The molecule has 1 fully saturated rings. The van der Waals surface area contributed by atoms with Crippen molar-refractivity contribution in [2.24, 2.45) is 5.73 Å². The molecule has 0 bridgehead atoms.